The van der Waals surface area contributed by atoms with E-state index in [0.29, 0.717) is 12.0 Å². The molecule has 0 N–H and O–H groups in total. The first-order chi connectivity index (χ1) is 6.75. The van der Waals surface area contributed by atoms with Gasteiger partial charge in [0.1, 0.15) is 0 Å². The average Bonchev–Trinajstić information content (AvgIpc) is 2.61. The lowest BCUT2D eigenvalue weighted by Crippen LogP contribution is -1.94. The van der Waals surface area contributed by atoms with Crippen LogP contribution < -0.4 is 9.47 Å². The quantitative estimate of drug-likeness (QED) is 0.773. The maximum atomic E-state index is 5.30. The Balaban J connectivity index is 2.05. The van der Waals surface area contributed by atoms with Gasteiger partial charge in [0.25, 0.3) is 0 Å². The van der Waals surface area contributed by atoms with Gasteiger partial charge in [-0.05, 0) is 35.8 Å². The fourth-order valence-electron chi connectivity index (χ4n) is 1.47. The van der Waals surface area contributed by atoms with Crippen molar-refractivity contribution in [3.63, 3.8) is 0 Å². The van der Waals surface area contributed by atoms with E-state index in [1.54, 1.807) is 0 Å². The van der Waals surface area contributed by atoms with Gasteiger partial charge in [-0.2, -0.15) is 12.6 Å². The Morgan fingerprint density at radius 2 is 2.14 bits per heavy atom. The van der Waals surface area contributed by atoms with E-state index in [-0.39, 0.29) is 0 Å². The van der Waals surface area contributed by atoms with Gasteiger partial charge in [-0.1, -0.05) is 13.0 Å². The topological polar surface area (TPSA) is 18.5 Å². The summed E-state index contributed by atoms with van der Waals surface area (Å²) in [6.07, 6.45) is 2.13. The average molecular weight is 210 g/mol. The molecule has 3 heteroatoms. The molecule has 0 amide bonds. The van der Waals surface area contributed by atoms with E-state index in [1.807, 2.05) is 6.07 Å². The maximum Gasteiger partial charge on any atom is 0.231 e. The van der Waals surface area contributed by atoms with Crippen molar-refractivity contribution < 1.29 is 9.47 Å². The van der Waals surface area contributed by atoms with Gasteiger partial charge < -0.3 is 9.47 Å². The molecule has 0 saturated carbocycles. The highest BCUT2D eigenvalue weighted by atomic mass is 32.1. The Labute approximate surface area is 89.6 Å². The number of benzene rings is 1. The molecule has 0 bridgehead atoms. The fraction of sp³-hybridized carbons (Fsp3) is 0.455. The fourth-order valence-corrected chi connectivity index (χ4v) is 1.60. The van der Waals surface area contributed by atoms with Crippen molar-refractivity contribution in [2.24, 2.45) is 0 Å². The number of thiol groups is 1. The molecule has 76 valence electrons. The van der Waals surface area contributed by atoms with E-state index in [1.165, 1.54) is 5.56 Å². The minimum Gasteiger partial charge on any atom is -0.454 e. The largest absolute Gasteiger partial charge is 0.454 e. The molecule has 0 aromatic heterocycles. The molecule has 1 heterocycles. The molecule has 1 unspecified atom stereocenters. The summed E-state index contributed by atoms with van der Waals surface area (Å²) in [6.45, 7) is 2.46. The minimum atomic E-state index is 0.349. The van der Waals surface area contributed by atoms with Crippen molar-refractivity contribution in [1.82, 2.24) is 0 Å². The first-order valence-corrected chi connectivity index (χ1v) is 5.34. The number of aryl methyl sites for hydroxylation is 1. The van der Waals surface area contributed by atoms with Crippen LogP contribution in [0.3, 0.4) is 0 Å². The predicted octanol–water partition coefficient (Wildman–Crippen LogP) is 2.67. The summed E-state index contributed by atoms with van der Waals surface area (Å²) in [6, 6.07) is 6.11. The van der Waals surface area contributed by atoms with E-state index < -0.39 is 0 Å². The van der Waals surface area contributed by atoms with Crippen LogP contribution in [-0.4, -0.2) is 12.0 Å². The Bertz CT molecular complexity index is 323. The van der Waals surface area contributed by atoms with Gasteiger partial charge in [-0.15, -0.1) is 0 Å². The van der Waals surface area contributed by atoms with Crippen molar-refractivity contribution in [2.75, 3.05) is 6.79 Å². The van der Waals surface area contributed by atoms with Crippen molar-refractivity contribution in [2.45, 2.75) is 25.0 Å². The molecular formula is C11H14O2S. The third-order valence-electron chi connectivity index (χ3n) is 2.29. The molecule has 0 fully saturated rings. The van der Waals surface area contributed by atoms with Gasteiger partial charge in [-0.3, -0.25) is 0 Å². The van der Waals surface area contributed by atoms with Crippen molar-refractivity contribution >= 4 is 12.6 Å². The molecule has 1 aliphatic heterocycles. The van der Waals surface area contributed by atoms with Gasteiger partial charge in [0.2, 0.25) is 6.79 Å². The minimum absolute atomic E-state index is 0.349. The summed E-state index contributed by atoms with van der Waals surface area (Å²) in [7, 11) is 0. The summed E-state index contributed by atoms with van der Waals surface area (Å²) in [5.41, 5.74) is 1.29. The molecular weight excluding hydrogens is 196 g/mol. The zero-order valence-electron chi connectivity index (χ0n) is 8.19. The number of hydrogen-bond acceptors (Lipinski definition) is 3. The second-order valence-electron chi connectivity index (χ2n) is 3.58. The predicted molar refractivity (Wildman–Crippen MR) is 59.3 cm³/mol. The van der Waals surface area contributed by atoms with Crippen LogP contribution in [0.1, 0.15) is 18.9 Å². The van der Waals surface area contributed by atoms with Crippen LogP contribution in [0.4, 0.5) is 0 Å². The summed E-state index contributed by atoms with van der Waals surface area (Å²) < 4.78 is 10.5. The van der Waals surface area contributed by atoms with Gasteiger partial charge in [0, 0.05) is 0 Å². The van der Waals surface area contributed by atoms with Crippen molar-refractivity contribution in [1.29, 1.82) is 0 Å². The third-order valence-corrected chi connectivity index (χ3v) is 2.55. The molecule has 14 heavy (non-hydrogen) atoms. The van der Waals surface area contributed by atoms with Crippen LogP contribution in [0, 0.1) is 0 Å². The standard InChI is InChI=1S/C11H14O2S/c1-8(14)2-3-9-4-5-10-11(6-9)13-7-12-10/h4-6,8,14H,2-3,7H2,1H3. The van der Waals surface area contributed by atoms with Crippen LogP contribution in [0.2, 0.25) is 0 Å². The van der Waals surface area contributed by atoms with Crippen LogP contribution in [0.5, 0.6) is 11.5 Å². The van der Waals surface area contributed by atoms with Crippen LogP contribution in [0.25, 0.3) is 0 Å². The molecule has 2 rings (SSSR count). The molecule has 1 aromatic carbocycles. The lowest BCUT2D eigenvalue weighted by Gasteiger charge is -2.04. The van der Waals surface area contributed by atoms with Crippen molar-refractivity contribution in [3.05, 3.63) is 23.8 Å². The Kier molecular flexibility index (Phi) is 2.87. The number of fused-ring (bicyclic) bond motifs is 1. The molecule has 0 spiro atoms. The maximum absolute atomic E-state index is 5.30. The molecule has 0 radical (unpaired) electrons. The zero-order chi connectivity index (χ0) is 9.97. The second kappa shape index (κ2) is 4.13. The van der Waals surface area contributed by atoms with Gasteiger partial charge in [0.15, 0.2) is 11.5 Å². The van der Waals surface area contributed by atoms with Crippen molar-refractivity contribution in [3.8, 4) is 11.5 Å². The first kappa shape index (κ1) is 9.71. The summed E-state index contributed by atoms with van der Waals surface area (Å²) in [4.78, 5) is 0. The normalized spacial score (nSPS) is 15.6. The zero-order valence-corrected chi connectivity index (χ0v) is 9.09. The molecule has 1 aromatic rings. The van der Waals surface area contributed by atoms with Crippen LogP contribution in [-0.2, 0) is 6.42 Å². The molecule has 1 atom stereocenters. The lowest BCUT2D eigenvalue weighted by molar-refractivity contribution is 0.174. The lowest BCUT2D eigenvalue weighted by atomic mass is 10.1. The van der Waals surface area contributed by atoms with Gasteiger partial charge >= 0.3 is 0 Å². The molecule has 2 nitrogen and oxygen atoms in total. The molecule has 0 aliphatic carbocycles. The Morgan fingerprint density at radius 1 is 1.36 bits per heavy atom. The Morgan fingerprint density at radius 3 is 2.93 bits per heavy atom. The van der Waals surface area contributed by atoms with E-state index in [2.05, 4.69) is 31.7 Å². The highest BCUT2D eigenvalue weighted by Gasteiger charge is 2.12. The van der Waals surface area contributed by atoms with E-state index >= 15 is 0 Å². The van der Waals surface area contributed by atoms with Crippen LogP contribution >= 0.6 is 12.6 Å². The number of ether oxygens (including phenoxy) is 2. The third kappa shape index (κ3) is 2.15. The van der Waals surface area contributed by atoms with E-state index in [0.717, 1.165) is 24.3 Å². The molecule has 0 saturated heterocycles. The first-order valence-electron chi connectivity index (χ1n) is 4.82. The summed E-state index contributed by atoms with van der Waals surface area (Å²) in [5.74, 6) is 1.72. The smallest absolute Gasteiger partial charge is 0.231 e. The van der Waals surface area contributed by atoms with E-state index in [9.17, 15) is 0 Å². The number of hydrogen-bond donors (Lipinski definition) is 1. The summed E-state index contributed by atoms with van der Waals surface area (Å²) >= 11 is 4.35. The van der Waals surface area contributed by atoms with Crippen LogP contribution in [0.15, 0.2) is 18.2 Å². The summed E-state index contributed by atoms with van der Waals surface area (Å²) in [5, 5.41) is 0.445. The SMILES string of the molecule is CC(S)CCc1ccc2c(c1)OCO2. The number of rotatable bonds is 3. The molecule has 1 aliphatic rings. The highest BCUT2D eigenvalue weighted by Crippen LogP contribution is 2.32. The van der Waals surface area contributed by atoms with E-state index in [4.69, 9.17) is 9.47 Å². The van der Waals surface area contributed by atoms with Gasteiger partial charge in [-0.25, -0.2) is 0 Å². The highest BCUT2D eigenvalue weighted by molar-refractivity contribution is 7.80. The van der Waals surface area contributed by atoms with Gasteiger partial charge in [0.05, 0.1) is 0 Å². The second-order valence-corrected chi connectivity index (χ2v) is 4.46. The monoisotopic (exact) mass is 210 g/mol. The Hall–Kier alpha value is -0.830.